The second-order valence-electron chi connectivity index (χ2n) is 7.44. The van der Waals surface area contributed by atoms with E-state index in [2.05, 4.69) is 10.2 Å². The Morgan fingerprint density at radius 3 is 2.60 bits per heavy atom. The van der Waals surface area contributed by atoms with E-state index in [-0.39, 0.29) is 23.9 Å². The molecule has 0 radical (unpaired) electrons. The molecule has 1 N–H and O–H groups in total. The molecular formula is C23H20N4O3. The van der Waals surface area contributed by atoms with Gasteiger partial charge in [0.2, 0.25) is 0 Å². The Kier molecular flexibility index (Phi) is 4.52. The molecule has 2 aromatic carbocycles. The van der Waals surface area contributed by atoms with Crippen LogP contribution in [0.4, 0.5) is 0 Å². The number of nitrogens with zero attached hydrogens (tertiary/aromatic N) is 4. The number of ether oxygens (including phenoxy) is 1. The number of carbonyl (C=O) groups is 1. The zero-order valence-electron chi connectivity index (χ0n) is 16.4. The van der Waals surface area contributed by atoms with Crippen LogP contribution in [0.15, 0.2) is 54.6 Å². The third-order valence-corrected chi connectivity index (χ3v) is 5.56. The molecule has 1 atom stereocenters. The van der Waals surface area contributed by atoms with Crippen molar-refractivity contribution in [1.82, 2.24) is 19.8 Å². The van der Waals surface area contributed by atoms with Gasteiger partial charge < -0.3 is 9.84 Å². The molecule has 7 heteroatoms. The van der Waals surface area contributed by atoms with Gasteiger partial charge in [0.05, 0.1) is 23.6 Å². The first kappa shape index (κ1) is 18.4. The second-order valence-corrected chi connectivity index (χ2v) is 7.44. The van der Waals surface area contributed by atoms with E-state index in [0.29, 0.717) is 30.1 Å². The van der Waals surface area contributed by atoms with Crippen molar-refractivity contribution in [3.05, 3.63) is 77.2 Å². The van der Waals surface area contributed by atoms with Gasteiger partial charge in [-0.05, 0) is 23.6 Å². The van der Waals surface area contributed by atoms with Crippen LogP contribution >= 0.6 is 0 Å². The molecule has 30 heavy (non-hydrogen) atoms. The van der Waals surface area contributed by atoms with Crippen LogP contribution in [0.2, 0.25) is 0 Å². The van der Waals surface area contributed by atoms with Crippen molar-refractivity contribution < 1.29 is 14.6 Å². The minimum absolute atomic E-state index is 0.0936. The molecule has 0 spiro atoms. The zero-order valence-corrected chi connectivity index (χ0v) is 16.4. The summed E-state index contributed by atoms with van der Waals surface area (Å²) in [6.07, 6.45) is 0.815. The number of rotatable bonds is 4. The number of para-hydroxylation sites is 1. The third-order valence-electron chi connectivity index (χ3n) is 5.56. The molecule has 5 rings (SSSR count). The quantitative estimate of drug-likeness (QED) is 0.563. The summed E-state index contributed by atoms with van der Waals surface area (Å²) in [5.74, 6) is -0.0414. The van der Waals surface area contributed by atoms with Crippen LogP contribution in [0.1, 0.15) is 39.8 Å². The van der Waals surface area contributed by atoms with Gasteiger partial charge >= 0.3 is 0 Å². The number of methoxy groups -OCH3 is 1. The molecule has 0 saturated carbocycles. The van der Waals surface area contributed by atoms with E-state index < -0.39 is 0 Å². The van der Waals surface area contributed by atoms with Crippen molar-refractivity contribution in [2.24, 2.45) is 0 Å². The molecule has 7 nitrogen and oxygen atoms in total. The van der Waals surface area contributed by atoms with Crippen molar-refractivity contribution >= 4 is 11.4 Å². The summed E-state index contributed by atoms with van der Waals surface area (Å²) in [5, 5.41) is 23.7. The van der Waals surface area contributed by atoms with Gasteiger partial charge in [-0.25, -0.2) is 4.52 Å². The number of aromatic nitrogens is 4. The third kappa shape index (κ3) is 2.95. The Hall–Kier alpha value is -3.58. The van der Waals surface area contributed by atoms with E-state index in [1.165, 1.54) is 0 Å². The van der Waals surface area contributed by atoms with Crippen molar-refractivity contribution in [1.29, 1.82) is 0 Å². The minimum Gasteiger partial charge on any atom is -0.508 e. The van der Waals surface area contributed by atoms with Crippen LogP contribution in [0.3, 0.4) is 0 Å². The number of carbonyl (C=O) groups excluding carboxylic acids is 1. The Morgan fingerprint density at radius 2 is 1.83 bits per heavy atom. The van der Waals surface area contributed by atoms with Gasteiger partial charge in [-0.1, -0.05) is 48.5 Å². The smallest absolute Gasteiger partial charge is 0.185 e. The first-order chi connectivity index (χ1) is 14.7. The van der Waals surface area contributed by atoms with Gasteiger partial charge in [0.1, 0.15) is 5.75 Å². The molecule has 1 aliphatic carbocycles. The number of ketones is 1. The summed E-state index contributed by atoms with van der Waals surface area (Å²) >= 11 is 0. The fraction of sp³-hybridized carbons (Fsp3) is 0.217. The second kappa shape index (κ2) is 7.35. The summed E-state index contributed by atoms with van der Waals surface area (Å²) < 4.78 is 7.09. The number of phenolic OH excluding ortho intramolecular Hbond substituents is 1. The lowest BCUT2D eigenvalue weighted by Crippen LogP contribution is -2.24. The largest absolute Gasteiger partial charge is 0.508 e. The molecule has 1 aliphatic rings. The molecule has 150 valence electrons. The van der Waals surface area contributed by atoms with E-state index in [1.807, 2.05) is 42.5 Å². The highest BCUT2D eigenvalue weighted by Crippen LogP contribution is 2.37. The van der Waals surface area contributed by atoms with Gasteiger partial charge in [-0.15, -0.1) is 10.2 Å². The van der Waals surface area contributed by atoms with Crippen LogP contribution in [0.5, 0.6) is 5.75 Å². The monoisotopic (exact) mass is 400 g/mol. The molecule has 4 aromatic rings. The van der Waals surface area contributed by atoms with Crippen LogP contribution in [0.25, 0.3) is 16.8 Å². The normalized spacial score (nSPS) is 16.0. The number of hydrogen-bond acceptors (Lipinski definition) is 6. The summed E-state index contributed by atoms with van der Waals surface area (Å²) in [4.78, 5) is 12.9. The Bertz CT molecular complexity index is 1250. The van der Waals surface area contributed by atoms with Gasteiger partial charge in [-0.2, -0.15) is 5.10 Å². The topological polar surface area (TPSA) is 89.6 Å². The molecule has 2 heterocycles. The predicted octanol–water partition coefficient (Wildman–Crippen LogP) is 3.56. The number of phenols is 1. The minimum atomic E-state index is -0.145. The Labute approximate surface area is 173 Å². The number of fused-ring (bicyclic) bond motifs is 3. The van der Waals surface area contributed by atoms with E-state index in [9.17, 15) is 9.90 Å². The highest BCUT2D eigenvalue weighted by Gasteiger charge is 2.32. The lowest BCUT2D eigenvalue weighted by molar-refractivity contribution is 0.0955. The predicted molar refractivity (Wildman–Crippen MR) is 110 cm³/mol. The first-order valence-electron chi connectivity index (χ1n) is 9.80. The number of hydrogen-bond donors (Lipinski definition) is 1. The van der Waals surface area contributed by atoms with Gasteiger partial charge in [0.15, 0.2) is 17.1 Å². The average Bonchev–Trinajstić information content (AvgIpc) is 3.13. The lowest BCUT2D eigenvalue weighted by Gasteiger charge is -2.23. The summed E-state index contributed by atoms with van der Waals surface area (Å²) in [7, 11) is 1.62. The molecule has 0 fully saturated rings. The molecular weight excluding hydrogens is 380 g/mol. The molecule has 0 bridgehead atoms. The lowest BCUT2D eigenvalue weighted by atomic mass is 9.83. The fourth-order valence-electron chi connectivity index (χ4n) is 4.21. The molecule has 0 amide bonds. The van der Waals surface area contributed by atoms with E-state index in [1.54, 1.807) is 23.8 Å². The highest BCUT2D eigenvalue weighted by atomic mass is 16.5. The molecule has 2 aromatic heterocycles. The van der Waals surface area contributed by atoms with Crippen LogP contribution < -0.4 is 0 Å². The number of Topliss-reactive ketones (excluding diaryl/α,β-unsaturated/α-hetero) is 1. The highest BCUT2D eigenvalue weighted by molar-refractivity contribution is 5.97. The number of benzene rings is 2. The Morgan fingerprint density at radius 1 is 1.07 bits per heavy atom. The maximum absolute atomic E-state index is 12.9. The van der Waals surface area contributed by atoms with E-state index in [0.717, 1.165) is 22.4 Å². The zero-order chi connectivity index (χ0) is 20.7. The van der Waals surface area contributed by atoms with E-state index >= 15 is 0 Å². The van der Waals surface area contributed by atoms with Crippen molar-refractivity contribution in [2.75, 3.05) is 7.11 Å². The van der Waals surface area contributed by atoms with Crippen molar-refractivity contribution in [2.45, 2.75) is 25.4 Å². The van der Waals surface area contributed by atoms with Crippen LogP contribution in [0, 0.1) is 0 Å². The molecule has 0 saturated heterocycles. The first-order valence-corrected chi connectivity index (χ1v) is 9.80. The van der Waals surface area contributed by atoms with Gasteiger partial charge in [-0.3, -0.25) is 4.79 Å². The molecule has 0 unspecified atom stereocenters. The van der Waals surface area contributed by atoms with Crippen LogP contribution in [-0.2, 0) is 17.8 Å². The summed E-state index contributed by atoms with van der Waals surface area (Å²) in [6, 6.07) is 17.0. The molecule has 0 aliphatic heterocycles. The van der Waals surface area contributed by atoms with Crippen molar-refractivity contribution in [3.63, 3.8) is 0 Å². The number of aromatic hydroxyl groups is 1. The fourth-order valence-corrected chi connectivity index (χ4v) is 4.21. The SMILES string of the molecule is COCc1nn2c3c(nnc2c1-c1ccccc1)C(=O)C[C@H](c1ccccc1O)C3. The standard InChI is InChI=1S/C23H20N4O3/c1-30-13-17-21(14-7-3-2-4-8-14)23-25-24-22-18(27(23)26-17)11-15(12-20(22)29)16-9-5-6-10-19(16)28/h2-10,15,28H,11-13H2,1H3/t15-/m1/s1. The maximum Gasteiger partial charge on any atom is 0.185 e. The Balaban J connectivity index is 1.70. The van der Waals surface area contributed by atoms with Gasteiger partial charge in [0.25, 0.3) is 0 Å². The van der Waals surface area contributed by atoms with Crippen molar-refractivity contribution in [3.8, 4) is 16.9 Å². The maximum atomic E-state index is 12.9. The average molecular weight is 400 g/mol. The summed E-state index contributed by atoms with van der Waals surface area (Å²) in [6.45, 7) is 0.319. The van der Waals surface area contributed by atoms with Crippen LogP contribution in [-0.4, -0.2) is 37.8 Å². The van der Waals surface area contributed by atoms with Gasteiger partial charge in [0, 0.05) is 19.4 Å². The van der Waals surface area contributed by atoms with E-state index in [4.69, 9.17) is 9.84 Å². The summed E-state index contributed by atoms with van der Waals surface area (Å²) in [5.41, 5.74) is 4.97.